The third-order valence-electron chi connectivity index (χ3n) is 7.20. The molecule has 0 radical (unpaired) electrons. The molecule has 2 unspecified atom stereocenters. The molecule has 1 saturated heterocycles. The van der Waals surface area contributed by atoms with Gasteiger partial charge in [-0.25, -0.2) is 9.80 Å². The molecule has 0 bridgehead atoms. The Morgan fingerprint density at radius 1 is 1.21 bits per heavy atom. The van der Waals surface area contributed by atoms with Gasteiger partial charge in [0.25, 0.3) is 11.8 Å². The van der Waals surface area contributed by atoms with Crippen LogP contribution in [0.25, 0.3) is 6.08 Å². The molecule has 34 heavy (non-hydrogen) atoms. The van der Waals surface area contributed by atoms with Gasteiger partial charge >= 0.3 is 6.03 Å². The number of urea groups is 1. The summed E-state index contributed by atoms with van der Waals surface area (Å²) in [4.78, 5) is 42.6. The third kappa shape index (κ3) is 3.80. The first-order valence-corrected chi connectivity index (χ1v) is 13.6. The topological polar surface area (TPSA) is 82.1 Å². The molecule has 1 aliphatic carbocycles. The van der Waals surface area contributed by atoms with Crippen molar-refractivity contribution in [3.8, 4) is 0 Å². The lowest BCUT2D eigenvalue weighted by Crippen LogP contribution is -2.46. The number of hydrogen-bond acceptors (Lipinski definition) is 6. The lowest BCUT2D eigenvalue weighted by molar-refractivity contribution is -0.140. The van der Waals surface area contributed by atoms with Gasteiger partial charge in [-0.05, 0) is 66.6 Å². The molecule has 4 amide bonds. The summed E-state index contributed by atoms with van der Waals surface area (Å²) in [7, 11) is 0. The van der Waals surface area contributed by atoms with E-state index in [0.29, 0.717) is 12.8 Å². The Labute approximate surface area is 207 Å². The Balaban J connectivity index is 1.46. The van der Waals surface area contributed by atoms with Crippen molar-refractivity contribution in [3.63, 3.8) is 0 Å². The molecule has 2 aromatic rings. The fourth-order valence-corrected chi connectivity index (χ4v) is 6.80. The molecule has 2 atom stereocenters. The Morgan fingerprint density at radius 3 is 2.62 bits per heavy atom. The van der Waals surface area contributed by atoms with Crippen LogP contribution in [0.1, 0.15) is 61.7 Å². The van der Waals surface area contributed by atoms with Crippen molar-refractivity contribution in [1.29, 1.82) is 0 Å². The summed E-state index contributed by atoms with van der Waals surface area (Å²) in [5.74, 6) is -0.551. The van der Waals surface area contributed by atoms with Gasteiger partial charge in [0.05, 0.1) is 11.8 Å². The maximum atomic E-state index is 13.6. The Bertz CT molecular complexity index is 1150. The second-order valence-electron chi connectivity index (χ2n) is 8.98. The third-order valence-corrected chi connectivity index (χ3v) is 8.96. The van der Waals surface area contributed by atoms with Crippen LogP contribution in [0.3, 0.4) is 0 Å². The first-order valence-electron chi connectivity index (χ1n) is 11.8. The molecule has 178 valence electrons. The predicted molar refractivity (Wildman–Crippen MR) is 135 cm³/mol. The van der Waals surface area contributed by atoms with E-state index in [0.717, 1.165) is 34.8 Å². The standard InChI is InChI=1S/C25H28N4O3S2/c1-3-25(4-2)23(31)28(24(32)26-25)15-20(30)29-22(19-11-7-13-34-19)18-10-5-8-16(21(18)27-29)14-17-9-6-12-33-17/h6-7,9,11-14,18,22H,3-5,8,10,15H2,1-2H3,(H,26,32)/b16-14+. The highest BCUT2D eigenvalue weighted by atomic mass is 32.1. The van der Waals surface area contributed by atoms with Crippen molar-refractivity contribution in [2.45, 2.75) is 57.5 Å². The highest BCUT2D eigenvalue weighted by Crippen LogP contribution is 2.45. The zero-order chi connectivity index (χ0) is 23.9. The highest BCUT2D eigenvalue weighted by Gasteiger charge is 2.51. The molecule has 4 heterocycles. The van der Waals surface area contributed by atoms with E-state index < -0.39 is 11.6 Å². The summed E-state index contributed by atoms with van der Waals surface area (Å²) in [6.07, 6.45) is 6.07. The monoisotopic (exact) mass is 496 g/mol. The van der Waals surface area contributed by atoms with Crippen molar-refractivity contribution >= 4 is 52.3 Å². The molecule has 2 aliphatic heterocycles. The molecule has 1 saturated carbocycles. The highest BCUT2D eigenvalue weighted by molar-refractivity contribution is 7.11. The number of hydrazone groups is 1. The number of nitrogens with zero attached hydrogens (tertiary/aromatic N) is 3. The number of fused-ring (bicyclic) bond motifs is 1. The summed E-state index contributed by atoms with van der Waals surface area (Å²) >= 11 is 3.29. The van der Waals surface area contributed by atoms with Crippen LogP contribution < -0.4 is 5.32 Å². The van der Waals surface area contributed by atoms with Gasteiger partial charge in [-0.15, -0.1) is 22.7 Å². The van der Waals surface area contributed by atoms with E-state index in [1.54, 1.807) is 22.7 Å². The lowest BCUT2D eigenvalue weighted by atomic mass is 9.79. The molecule has 1 N–H and O–H groups in total. The number of thiophene rings is 2. The van der Waals surface area contributed by atoms with Gasteiger partial charge in [0.2, 0.25) is 0 Å². The van der Waals surface area contributed by atoms with Crippen LogP contribution >= 0.6 is 22.7 Å². The van der Waals surface area contributed by atoms with Gasteiger partial charge < -0.3 is 5.32 Å². The van der Waals surface area contributed by atoms with E-state index in [9.17, 15) is 14.4 Å². The normalized spacial score (nSPS) is 25.0. The summed E-state index contributed by atoms with van der Waals surface area (Å²) in [6.45, 7) is 3.44. The van der Waals surface area contributed by atoms with Crippen molar-refractivity contribution < 1.29 is 14.4 Å². The Kier molecular flexibility index (Phi) is 6.16. The van der Waals surface area contributed by atoms with Crippen molar-refractivity contribution in [2.75, 3.05) is 6.54 Å². The lowest BCUT2D eigenvalue weighted by Gasteiger charge is -2.29. The Morgan fingerprint density at radius 2 is 1.97 bits per heavy atom. The summed E-state index contributed by atoms with van der Waals surface area (Å²) < 4.78 is 0. The number of rotatable bonds is 6. The zero-order valence-corrected chi connectivity index (χ0v) is 21.0. The van der Waals surface area contributed by atoms with E-state index in [1.807, 2.05) is 37.4 Å². The van der Waals surface area contributed by atoms with Gasteiger partial charge in [0.1, 0.15) is 12.1 Å². The van der Waals surface area contributed by atoms with E-state index in [1.165, 1.54) is 15.5 Å². The van der Waals surface area contributed by atoms with Crippen LogP contribution in [-0.4, -0.2) is 45.5 Å². The molecule has 0 spiro atoms. The minimum absolute atomic E-state index is 0.107. The molecular formula is C25H28N4O3S2. The second kappa shape index (κ2) is 9.11. The average molecular weight is 497 g/mol. The fourth-order valence-electron chi connectivity index (χ4n) is 5.25. The van der Waals surface area contributed by atoms with E-state index in [4.69, 9.17) is 5.10 Å². The summed E-state index contributed by atoms with van der Waals surface area (Å²) in [5.41, 5.74) is 1.20. The van der Waals surface area contributed by atoms with Crippen LogP contribution in [0.4, 0.5) is 4.79 Å². The molecule has 3 aliphatic rings. The van der Waals surface area contributed by atoms with E-state index in [2.05, 4.69) is 22.8 Å². The van der Waals surface area contributed by atoms with Gasteiger partial charge in [0.15, 0.2) is 0 Å². The Hall–Kier alpha value is -2.78. The zero-order valence-electron chi connectivity index (χ0n) is 19.3. The number of amides is 4. The summed E-state index contributed by atoms with van der Waals surface area (Å²) in [5, 5.41) is 13.3. The number of carbonyl (C=O) groups is 3. The second-order valence-corrected chi connectivity index (χ2v) is 10.9. The predicted octanol–water partition coefficient (Wildman–Crippen LogP) is 5.04. The van der Waals surface area contributed by atoms with Gasteiger partial charge in [0, 0.05) is 15.7 Å². The maximum Gasteiger partial charge on any atom is 0.325 e. The maximum absolute atomic E-state index is 13.6. The van der Waals surface area contributed by atoms with E-state index >= 15 is 0 Å². The van der Waals surface area contributed by atoms with Crippen molar-refractivity contribution in [2.24, 2.45) is 11.0 Å². The van der Waals surface area contributed by atoms with Crippen LogP contribution in [0.15, 0.2) is 45.7 Å². The average Bonchev–Trinajstić information content (AvgIpc) is 3.63. The van der Waals surface area contributed by atoms with E-state index in [-0.39, 0.29) is 30.3 Å². The number of nitrogens with one attached hydrogen (secondary N) is 1. The van der Waals surface area contributed by atoms with Crippen molar-refractivity contribution in [3.05, 3.63) is 50.4 Å². The van der Waals surface area contributed by atoms with Crippen molar-refractivity contribution in [1.82, 2.24) is 15.2 Å². The molecule has 9 heteroatoms. The van der Waals surface area contributed by atoms with Gasteiger partial charge in [-0.3, -0.25) is 14.5 Å². The first kappa shape index (κ1) is 23.0. The molecular weight excluding hydrogens is 468 g/mol. The fraction of sp³-hybridized carbons (Fsp3) is 0.440. The quantitative estimate of drug-likeness (QED) is 0.569. The largest absolute Gasteiger partial charge is 0.325 e. The minimum atomic E-state index is -0.925. The SMILES string of the molecule is CCC1(CC)NC(=O)N(CC(=O)N2N=C3/C(=C/c4cccs4)CCCC3C2c2cccs2)C1=O. The van der Waals surface area contributed by atoms with Crippen LogP contribution in [0.5, 0.6) is 0 Å². The van der Waals surface area contributed by atoms with Gasteiger partial charge in [-0.1, -0.05) is 26.0 Å². The number of allylic oxidation sites excluding steroid dienone is 1. The van der Waals surface area contributed by atoms with Crippen LogP contribution in [0, 0.1) is 5.92 Å². The number of carbonyl (C=O) groups excluding carboxylic acids is 3. The minimum Gasteiger partial charge on any atom is -0.323 e. The molecule has 7 nitrogen and oxygen atoms in total. The van der Waals surface area contributed by atoms with Gasteiger partial charge in [-0.2, -0.15) is 5.10 Å². The van der Waals surface area contributed by atoms with Crippen LogP contribution in [-0.2, 0) is 9.59 Å². The number of hydrogen-bond donors (Lipinski definition) is 1. The first-order chi connectivity index (χ1) is 16.5. The molecule has 2 fully saturated rings. The van der Waals surface area contributed by atoms with Crippen LogP contribution in [0.2, 0.25) is 0 Å². The molecule has 5 rings (SSSR count). The number of imide groups is 1. The summed E-state index contributed by atoms with van der Waals surface area (Å²) in [6, 6.07) is 7.43. The smallest absolute Gasteiger partial charge is 0.323 e. The molecule has 0 aromatic carbocycles. The molecule has 2 aromatic heterocycles.